The van der Waals surface area contributed by atoms with Gasteiger partial charge in [0.2, 0.25) is 0 Å². The first-order valence-corrected chi connectivity index (χ1v) is 8.07. The van der Waals surface area contributed by atoms with Crippen LogP contribution in [0, 0.1) is 6.92 Å². The van der Waals surface area contributed by atoms with Gasteiger partial charge in [-0.25, -0.2) is 0 Å². The molecule has 128 valence electrons. The first-order valence-electron chi connectivity index (χ1n) is 8.07. The van der Waals surface area contributed by atoms with Gasteiger partial charge < -0.3 is 19.5 Å². The number of carbonyl (C=O) groups excluding carboxylic acids is 2. The van der Waals surface area contributed by atoms with E-state index in [9.17, 15) is 9.59 Å². The van der Waals surface area contributed by atoms with Crippen LogP contribution in [0.15, 0.2) is 24.3 Å². The summed E-state index contributed by atoms with van der Waals surface area (Å²) in [6, 6.07) is 8.04. The van der Waals surface area contributed by atoms with E-state index < -0.39 is 5.60 Å². The minimum atomic E-state index is -1.01. The Morgan fingerprint density at radius 3 is 2.75 bits per heavy atom. The first kappa shape index (κ1) is 16.5. The highest BCUT2D eigenvalue weighted by Crippen LogP contribution is 2.24. The quantitative estimate of drug-likeness (QED) is 0.907. The van der Waals surface area contributed by atoms with Gasteiger partial charge in [0, 0.05) is 31.5 Å². The van der Waals surface area contributed by atoms with Crippen molar-refractivity contribution in [1.29, 1.82) is 0 Å². The van der Waals surface area contributed by atoms with E-state index in [4.69, 9.17) is 4.74 Å². The number of likely N-dealkylation sites (N-methyl/N-ethyl adjacent to an activating group) is 1. The number of rotatable bonds is 2. The number of nitrogens with one attached hydrogen (secondary N) is 1. The van der Waals surface area contributed by atoms with Crippen molar-refractivity contribution in [3.8, 4) is 0 Å². The number of nitrogens with zero attached hydrogens (tertiary/aromatic N) is 2. The Labute approximate surface area is 141 Å². The second kappa shape index (κ2) is 5.94. The lowest BCUT2D eigenvalue weighted by molar-refractivity contribution is -0.153. The molecule has 6 nitrogen and oxygen atoms in total. The van der Waals surface area contributed by atoms with E-state index in [0.29, 0.717) is 18.8 Å². The van der Waals surface area contributed by atoms with Gasteiger partial charge in [0.25, 0.3) is 11.8 Å². The van der Waals surface area contributed by atoms with Crippen LogP contribution in [0.4, 0.5) is 0 Å². The highest BCUT2D eigenvalue weighted by Gasteiger charge is 2.40. The summed E-state index contributed by atoms with van der Waals surface area (Å²) in [4.78, 5) is 26.7. The van der Waals surface area contributed by atoms with Crippen molar-refractivity contribution in [2.24, 2.45) is 7.05 Å². The number of aryl methyl sites for hydroxylation is 2. The number of morpholine rings is 1. The van der Waals surface area contributed by atoms with Gasteiger partial charge in [0.05, 0.1) is 13.2 Å². The molecule has 1 unspecified atom stereocenters. The van der Waals surface area contributed by atoms with Crippen LogP contribution < -0.4 is 5.32 Å². The molecule has 1 fully saturated rings. The third kappa shape index (κ3) is 2.67. The molecule has 24 heavy (non-hydrogen) atoms. The molecule has 1 aromatic carbocycles. The summed E-state index contributed by atoms with van der Waals surface area (Å²) in [5.41, 5.74) is 1.79. The Bertz CT molecular complexity index is 811. The fraction of sp³-hybridized carbons (Fsp3) is 0.444. The molecular weight excluding hydrogens is 306 g/mol. The number of hydrogen-bond donors (Lipinski definition) is 1. The van der Waals surface area contributed by atoms with E-state index >= 15 is 0 Å². The van der Waals surface area contributed by atoms with Gasteiger partial charge in [-0.2, -0.15) is 0 Å². The molecule has 1 saturated heterocycles. The van der Waals surface area contributed by atoms with E-state index in [1.54, 1.807) is 18.9 Å². The minimum absolute atomic E-state index is 0.0789. The van der Waals surface area contributed by atoms with Gasteiger partial charge in [-0.1, -0.05) is 11.6 Å². The van der Waals surface area contributed by atoms with Crippen LogP contribution in [0.1, 0.15) is 23.0 Å². The lowest BCUT2D eigenvalue weighted by Gasteiger charge is -2.39. The molecule has 2 amide bonds. The van der Waals surface area contributed by atoms with E-state index in [-0.39, 0.29) is 18.4 Å². The molecular formula is C18H23N3O3. The SMILES string of the molecule is CNC(=O)C1(C)CN(C(=O)c2cc3cc(C)ccc3n2C)CCO1. The molecule has 2 aromatic rings. The van der Waals surface area contributed by atoms with Gasteiger partial charge in [-0.05, 0) is 32.0 Å². The number of ether oxygens (including phenoxy) is 1. The molecule has 0 radical (unpaired) electrons. The van der Waals surface area contributed by atoms with Gasteiger partial charge in [0.1, 0.15) is 5.69 Å². The summed E-state index contributed by atoms with van der Waals surface area (Å²) in [7, 11) is 3.47. The van der Waals surface area contributed by atoms with Crippen molar-refractivity contribution >= 4 is 22.7 Å². The standard InChI is InChI=1S/C18H23N3O3/c1-12-5-6-14-13(9-12)10-15(20(14)4)16(22)21-7-8-24-18(2,11-21)17(23)19-3/h5-6,9-10H,7-8,11H2,1-4H3,(H,19,23). The van der Waals surface area contributed by atoms with Gasteiger partial charge >= 0.3 is 0 Å². The van der Waals surface area contributed by atoms with E-state index in [1.165, 1.54) is 0 Å². The average Bonchev–Trinajstić information content (AvgIpc) is 2.89. The zero-order valence-electron chi connectivity index (χ0n) is 14.5. The van der Waals surface area contributed by atoms with Crippen molar-refractivity contribution in [3.05, 3.63) is 35.5 Å². The summed E-state index contributed by atoms with van der Waals surface area (Å²) in [6.45, 7) is 4.82. The molecule has 1 aromatic heterocycles. The highest BCUT2D eigenvalue weighted by atomic mass is 16.5. The van der Waals surface area contributed by atoms with Crippen molar-refractivity contribution in [1.82, 2.24) is 14.8 Å². The number of benzene rings is 1. The van der Waals surface area contributed by atoms with Crippen molar-refractivity contribution in [2.75, 3.05) is 26.7 Å². The largest absolute Gasteiger partial charge is 0.362 e. The Hall–Kier alpha value is -2.34. The number of amides is 2. The fourth-order valence-corrected chi connectivity index (χ4v) is 3.28. The maximum Gasteiger partial charge on any atom is 0.270 e. The fourth-order valence-electron chi connectivity index (χ4n) is 3.28. The predicted octanol–water partition coefficient (Wildman–Crippen LogP) is 1.46. The summed E-state index contributed by atoms with van der Waals surface area (Å²) < 4.78 is 7.53. The lowest BCUT2D eigenvalue weighted by Crippen LogP contribution is -2.59. The Balaban J connectivity index is 1.91. The van der Waals surface area contributed by atoms with Gasteiger partial charge in [0.15, 0.2) is 5.60 Å². The highest BCUT2D eigenvalue weighted by molar-refractivity contribution is 5.99. The van der Waals surface area contributed by atoms with Crippen molar-refractivity contribution in [3.63, 3.8) is 0 Å². The molecule has 2 heterocycles. The molecule has 1 N–H and O–H groups in total. The monoisotopic (exact) mass is 329 g/mol. The van der Waals surface area contributed by atoms with Crippen LogP contribution in [0.2, 0.25) is 0 Å². The zero-order valence-corrected chi connectivity index (χ0v) is 14.5. The molecule has 0 aliphatic carbocycles. The van der Waals surface area contributed by atoms with E-state index in [1.807, 2.05) is 36.7 Å². The number of fused-ring (bicyclic) bond motifs is 1. The Kier molecular flexibility index (Phi) is 4.09. The van der Waals surface area contributed by atoms with Gasteiger partial charge in [-0.3, -0.25) is 9.59 Å². The summed E-state index contributed by atoms with van der Waals surface area (Å²) in [5, 5.41) is 3.65. The van der Waals surface area contributed by atoms with Crippen molar-refractivity contribution in [2.45, 2.75) is 19.4 Å². The number of hydrogen-bond acceptors (Lipinski definition) is 3. The maximum absolute atomic E-state index is 13.0. The van der Waals surface area contributed by atoms with Crippen molar-refractivity contribution < 1.29 is 14.3 Å². The van der Waals surface area contributed by atoms with Crippen LogP contribution >= 0.6 is 0 Å². The summed E-state index contributed by atoms with van der Waals surface area (Å²) >= 11 is 0. The minimum Gasteiger partial charge on any atom is -0.362 e. The molecule has 0 spiro atoms. The zero-order chi connectivity index (χ0) is 17.5. The van der Waals surface area contributed by atoms with Crippen LogP contribution in [0.3, 0.4) is 0 Å². The average molecular weight is 329 g/mol. The molecule has 6 heteroatoms. The normalized spacial score (nSPS) is 21.1. The van der Waals surface area contributed by atoms with Crippen LogP contribution in [0.25, 0.3) is 10.9 Å². The molecule has 1 atom stereocenters. The Morgan fingerprint density at radius 1 is 1.29 bits per heavy atom. The second-order valence-corrected chi connectivity index (χ2v) is 6.54. The maximum atomic E-state index is 13.0. The molecule has 1 aliphatic rings. The van der Waals surface area contributed by atoms with E-state index in [2.05, 4.69) is 11.4 Å². The summed E-state index contributed by atoms with van der Waals surface area (Å²) in [5.74, 6) is -0.294. The van der Waals surface area contributed by atoms with E-state index in [0.717, 1.165) is 16.5 Å². The third-order valence-corrected chi connectivity index (χ3v) is 4.69. The molecule has 0 bridgehead atoms. The molecule has 0 saturated carbocycles. The lowest BCUT2D eigenvalue weighted by atomic mass is 10.0. The third-order valence-electron chi connectivity index (χ3n) is 4.69. The number of aromatic nitrogens is 1. The van der Waals surface area contributed by atoms with Crippen LogP contribution in [0.5, 0.6) is 0 Å². The predicted molar refractivity (Wildman–Crippen MR) is 92.0 cm³/mol. The molecule has 3 rings (SSSR count). The first-order chi connectivity index (χ1) is 11.4. The molecule has 1 aliphatic heterocycles. The topological polar surface area (TPSA) is 63.6 Å². The second-order valence-electron chi connectivity index (χ2n) is 6.54. The van der Waals surface area contributed by atoms with Crippen LogP contribution in [-0.2, 0) is 16.6 Å². The number of carbonyl (C=O) groups is 2. The van der Waals surface area contributed by atoms with Crippen LogP contribution in [-0.4, -0.2) is 53.6 Å². The summed E-state index contributed by atoms with van der Waals surface area (Å²) in [6.07, 6.45) is 0. The Morgan fingerprint density at radius 2 is 2.04 bits per heavy atom. The smallest absolute Gasteiger partial charge is 0.270 e. The van der Waals surface area contributed by atoms with Gasteiger partial charge in [-0.15, -0.1) is 0 Å².